The maximum atomic E-state index is 4.55. The van der Waals surface area contributed by atoms with Crippen molar-refractivity contribution in [1.29, 1.82) is 0 Å². The lowest BCUT2D eigenvalue weighted by molar-refractivity contribution is 0.661. The standard InChI is InChI=1S/C15H18BrNS/c1-2-3-4-5-6-13-8-7-12(11-17-13)14-9-10-15(16)18-14/h7-11H,2-6H2,1H3. The first-order valence-electron chi connectivity index (χ1n) is 6.50. The summed E-state index contributed by atoms with van der Waals surface area (Å²) in [5, 5.41) is 0. The molecule has 1 nitrogen and oxygen atoms in total. The summed E-state index contributed by atoms with van der Waals surface area (Å²) in [6, 6.07) is 8.56. The van der Waals surface area contributed by atoms with Crippen molar-refractivity contribution in [3.8, 4) is 10.4 Å². The highest BCUT2D eigenvalue weighted by atomic mass is 79.9. The Morgan fingerprint density at radius 2 is 2.00 bits per heavy atom. The van der Waals surface area contributed by atoms with Crippen LogP contribution in [0.2, 0.25) is 0 Å². The molecule has 0 spiro atoms. The molecular weight excluding hydrogens is 306 g/mol. The largest absolute Gasteiger partial charge is 0.261 e. The van der Waals surface area contributed by atoms with Crippen LogP contribution in [0, 0.1) is 0 Å². The molecule has 0 saturated carbocycles. The van der Waals surface area contributed by atoms with Gasteiger partial charge >= 0.3 is 0 Å². The number of aryl methyl sites for hydroxylation is 1. The summed E-state index contributed by atoms with van der Waals surface area (Å²) >= 11 is 5.24. The molecule has 2 aromatic heterocycles. The normalized spacial score (nSPS) is 10.8. The molecule has 2 aromatic rings. The van der Waals surface area contributed by atoms with Gasteiger partial charge in [0.15, 0.2) is 0 Å². The van der Waals surface area contributed by atoms with E-state index in [1.54, 1.807) is 11.3 Å². The molecule has 0 N–H and O–H groups in total. The molecule has 0 aromatic carbocycles. The lowest BCUT2D eigenvalue weighted by atomic mass is 10.1. The first-order chi connectivity index (χ1) is 8.79. The van der Waals surface area contributed by atoms with Gasteiger partial charge in [-0.2, -0.15) is 0 Å². The molecule has 0 amide bonds. The van der Waals surface area contributed by atoms with Crippen molar-refractivity contribution in [2.45, 2.75) is 39.0 Å². The molecule has 0 atom stereocenters. The third-order valence-electron chi connectivity index (χ3n) is 2.97. The van der Waals surface area contributed by atoms with Gasteiger partial charge in [0.05, 0.1) is 3.79 Å². The van der Waals surface area contributed by atoms with Gasteiger partial charge in [0.2, 0.25) is 0 Å². The van der Waals surface area contributed by atoms with Crippen LogP contribution in [-0.2, 0) is 6.42 Å². The maximum Gasteiger partial charge on any atom is 0.0705 e. The first kappa shape index (κ1) is 13.8. The van der Waals surface area contributed by atoms with Gasteiger partial charge in [-0.15, -0.1) is 11.3 Å². The van der Waals surface area contributed by atoms with Crippen LogP contribution in [0.1, 0.15) is 38.3 Å². The zero-order valence-corrected chi connectivity index (χ0v) is 13.1. The van der Waals surface area contributed by atoms with E-state index < -0.39 is 0 Å². The van der Waals surface area contributed by atoms with Crippen molar-refractivity contribution in [3.63, 3.8) is 0 Å². The van der Waals surface area contributed by atoms with E-state index in [0.717, 1.165) is 6.42 Å². The van der Waals surface area contributed by atoms with Crippen LogP contribution in [0.5, 0.6) is 0 Å². The van der Waals surface area contributed by atoms with Crippen molar-refractivity contribution in [3.05, 3.63) is 39.9 Å². The number of hydrogen-bond acceptors (Lipinski definition) is 2. The van der Waals surface area contributed by atoms with Crippen LogP contribution >= 0.6 is 27.3 Å². The summed E-state index contributed by atoms with van der Waals surface area (Å²) < 4.78 is 1.17. The van der Waals surface area contributed by atoms with Gasteiger partial charge in [0, 0.05) is 22.3 Å². The lowest BCUT2D eigenvalue weighted by Gasteiger charge is -2.02. The Morgan fingerprint density at radius 1 is 1.11 bits per heavy atom. The Bertz CT molecular complexity index is 475. The number of rotatable bonds is 6. The summed E-state index contributed by atoms with van der Waals surface area (Å²) in [6.45, 7) is 2.24. The summed E-state index contributed by atoms with van der Waals surface area (Å²) in [4.78, 5) is 5.82. The average molecular weight is 324 g/mol. The lowest BCUT2D eigenvalue weighted by Crippen LogP contribution is -1.90. The fourth-order valence-electron chi connectivity index (χ4n) is 1.92. The highest BCUT2D eigenvalue weighted by molar-refractivity contribution is 9.11. The summed E-state index contributed by atoms with van der Waals surface area (Å²) in [5.74, 6) is 0. The number of halogens is 1. The van der Waals surface area contributed by atoms with Gasteiger partial charge in [-0.1, -0.05) is 32.3 Å². The number of nitrogens with zero attached hydrogens (tertiary/aromatic N) is 1. The Labute approximate surface area is 121 Å². The SMILES string of the molecule is CCCCCCc1ccc(-c2ccc(Br)s2)cn1. The molecule has 0 aliphatic rings. The topological polar surface area (TPSA) is 12.9 Å². The maximum absolute atomic E-state index is 4.55. The van der Waals surface area contributed by atoms with Crippen LogP contribution in [0.25, 0.3) is 10.4 Å². The Kier molecular flexibility index (Phi) is 5.39. The second kappa shape index (κ2) is 7.05. The molecule has 2 heterocycles. The fraction of sp³-hybridized carbons (Fsp3) is 0.400. The van der Waals surface area contributed by atoms with Crippen molar-refractivity contribution in [1.82, 2.24) is 4.98 Å². The minimum absolute atomic E-state index is 1.11. The molecule has 0 radical (unpaired) electrons. The Morgan fingerprint density at radius 3 is 2.61 bits per heavy atom. The smallest absolute Gasteiger partial charge is 0.0705 e. The van der Waals surface area contributed by atoms with Crippen molar-refractivity contribution in [2.24, 2.45) is 0 Å². The van der Waals surface area contributed by atoms with Gasteiger partial charge < -0.3 is 0 Å². The van der Waals surface area contributed by atoms with E-state index in [4.69, 9.17) is 0 Å². The van der Waals surface area contributed by atoms with Gasteiger partial charge in [-0.3, -0.25) is 4.98 Å². The predicted octanol–water partition coefficient (Wildman–Crippen LogP) is 5.70. The van der Waals surface area contributed by atoms with Crippen molar-refractivity contribution >= 4 is 27.3 Å². The molecule has 0 unspecified atom stereocenters. The molecule has 18 heavy (non-hydrogen) atoms. The van der Waals surface area contributed by atoms with E-state index in [0.29, 0.717) is 0 Å². The minimum Gasteiger partial charge on any atom is -0.261 e. The number of unbranched alkanes of at least 4 members (excludes halogenated alkanes) is 3. The molecule has 0 bridgehead atoms. The predicted molar refractivity (Wildman–Crippen MR) is 83.1 cm³/mol. The number of aromatic nitrogens is 1. The molecule has 2 rings (SSSR count). The van der Waals surface area contributed by atoms with Crippen molar-refractivity contribution < 1.29 is 0 Å². The van der Waals surface area contributed by atoms with E-state index in [9.17, 15) is 0 Å². The molecule has 96 valence electrons. The zero-order chi connectivity index (χ0) is 12.8. The van der Waals surface area contributed by atoms with Crippen LogP contribution in [-0.4, -0.2) is 4.98 Å². The number of hydrogen-bond donors (Lipinski definition) is 0. The van der Waals surface area contributed by atoms with E-state index in [-0.39, 0.29) is 0 Å². The van der Waals surface area contributed by atoms with Gasteiger partial charge in [0.25, 0.3) is 0 Å². The fourth-order valence-corrected chi connectivity index (χ4v) is 3.30. The monoisotopic (exact) mass is 323 g/mol. The van der Waals surface area contributed by atoms with Crippen LogP contribution in [0.15, 0.2) is 34.2 Å². The molecule has 0 aliphatic carbocycles. The van der Waals surface area contributed by atoms with Crippen LogP contribution in [0.3, 0.4) is 0 Å². The van der Waals surface area contributed by atoms with Crippen LogP contribution < -0.4 is 0 Å². The van der Waals surface area contributed by atoms with Gasteiger partial charge in [-0.05, 0) is 47.0 Å². The Hall–Kier alpha value is -0.670. The first-order valence-corrected chi connectivity index (χ1v) is 8.11. The Balaban J connectivity index is 1.93. The average Bonchev–Trinajstić information content (AvgIpc) is 2.82. The van der Waals surface area contributed by atoms with E-state index >= 15 is 0 Å². The second-order valence-corrected chi connectivity index (χ2v) is 6.92. The zero-order valence-electron chi connectivity index (χ0n) is 10.7. The van der Waals surface area contributed by atoms with Gasteiger partial charge in [0.1, 0.15) is 0 Å². The van der Waals surface area contributed by atoms with Crippen LogP contribution in [0.4, 0.5) is 0 Å². The van der Waals surface area contributed by atoms with E-state index in [1.165, 1.54) is 45.6 Å². The molecule has 0 saturated heterocycles. The second-order valence-electron chi connectivity index (χ2n) is 4.45. The molecular formula is C15H18BrNS. The van der Waals surface area contributed by atoms with Crippen molar-refractivity contribution in [2.75, 3.05) is 0 Å². The quantitative estimate of drug-likeness (QED) is 0.622. The summed E-state index contributed by atoms with van der Waals surface area (Å²) in [6.07, 6.45) is 8.30. The third kappa shape index (κ3) is 3.92. The molecule has 0 fully saturated rings. The third-order valence-corrected chi connectivity index (χ3v) is 4.64. The minimum atomic E-state index is 1.11. The molecule has 3 heteroatoms. The van der Waals surface area contributed by atoms with E-state index in [1.807, 2.05) is 6.20 Å². The van der Waals surface area contributed by atoms with E-state index in [2.05, 4.69) is 52.1 Å². The number of pyridine rings is 1. The van der Waals surface area contributed by atoms with Gasteiger partial charge in [-0.25, -0.2) is 0 Å². The summed E-state index contributed by atoms with van der Waals surface area (Å²) in [7, 11) is 0. The summed E-state index contributed by atoms with van der Waals surface area (Å²) in [5.41, 5.74) is 2.42. The highest BCUT2D eigenvalue weighted by Crippen LogP contribution is 2.30. The molecule has 0 aliphatic heterocycles. The number of thiophene rings is 1. The highest BCUT2D eigenvalue weighted by Gasteiger charge is 2.02.